The molecular formula is C9H10ClNO3S. The van der Waals surface area contributed by atoms with Crippen molar-refractivity contribution in [2.75, 3.05) is 13.1 Å². The van der Waals surface area contributed by atoms with Gasteiger partial charge in [-0.05, 0) is 11.4 Å². The van der Waals surface area contributed by atoms with Crippen LogP contribution < -0.4 is 0 Å². The summed E-state index contributed by atoms with van der Waals surface area (Å²) in [6.45, 7) is 0.322. The molecule has 15 heavy (non-hydrogen) atoms. The normalized spacial score (nSPS) is 25.9. The standard InChI is InChI=1S/C9H10ClNO3S/c10-5-1-2-15-8(5)9(14)11-3-6(12)7(13)4-11/h1-2,6-7,12-13H,3-4H2. The van der Waals surface area contributed by atoms with Crippen molar-refractivity contribution in [3.63, 3.8) is 0 Å². The van der Waals surface area contributed by atoms with Gasteiger partial charge in [0.25, 0.3) is 5.91 Å². The van der Waals surface area contributed by atoms with Crippen molar-refractivity contribution >= 4 is 28.8 Å². The van der Waals surface area contributed by atoms with Crippen molar-refractivity contribution in [1.82, 2.24) is 4.90 Å². The van der Waals surface area contributed by atoms with E-state index in [4.69, 9.17) is 11.6 Å². The van der Waals surface area contributed by atoms with Crippen molar-refractivity contribution < 1.29 is 15.0 Å². The van der Waals surface area contributed by atoms with Crippen LogP contribution in [0, 0.1) is 0 Å². The Kier molecular flexibility index (Phi) is 2.97. The van der Waals surface area contributed by atoms with Crippen LogP contribution in [0.4, 0.5) is 0 Å². The summed E-state index contributed by atoms with van der Waals surface area (Å²) in [7, 11) is 0. The smallest absolute Gasteiger partial charge is 0.265 e. The number of aliphatic hydroxyl groups is 2. The van der Waals surface area contributed by atoms with Gasteiger partial charge in [0, 0.05) is 13.1 Å². The highest BCUT2D eigenvalue weighted by Crippen LogP contribution is 2.25. The first-order valence-corrected chi connectivity index (χ1v) is 5.73. The molecule has 2 N–H and O–H groups in total. The Morgan fingerprint density at radius 3 is 2.53 bits per heavy atom. The molecule has 0 saturated carbocycles. The van der Waals surface area contributed by atoms with Gasteiger partial charge in [-0.3, -0.25) is 4.79 Å². The number of amides is 1. The second-order valence-electron chi connectivity index (χ2n) is 3.44. The highest BCUT2D eigenvalue weighted by Gasteiger charge is 2.33. The second kappa shape index (κ2) is 4.09. The fourth-order valence-electron chi connectivity index (χ4n) is 1.53. The Morgan fingerprint density at radius 1 is 1.47 bits per heavy atom. The maximum atomic E-state index is 11.8. The van der Waals surface area contributed by atoms with Crippen LogP contribution in [0.2, 0.25) is 5.02 Å². The summed E-state index contributed by atoms with van der Waals surface area (Å²) in [5.74, 6) is -0.231. The molecule has 82 valence electrons. The molecule has 1 saturated heterocycles. The first-order chi connectivity index (χ1) is 7.09. The number of hydrogen-bond donors (Lipinski definition) is 2. The predicted octanol–water partition coefficient (Wildman–Crippen LogP) is 0.579. The molecule has 6 heteroatoms. The molecule has 0 radical (unpaired) electrons. The molecule has 1 amide bonds. The zero-order valence-corrected chi connectivity index (χ0v) is 9.33. The minimum atomic E-state index is -0.854. The van der Waals surface area contributed by atoms with Gasteiger partial charge >= 0.3 is 0 Å². The van der Waals surface area contributed by atoms with Crippen LogP contribution in [-0.2, 0) is 0 Å². The lowest BCUT2D eigenvalue weighted by Gasteiger charge is -2.14. The monoisotopic (exact) mass is 247 g/mol. The Hall–Kier alpha value is -0.620. The number of thiophene rings is 1. The van der Waals surface area contributed by atoms with E-state index in [9.17, 15) is 15.0 Å². The van der Waals surface area contributed by atoms with Crippen LogP contribution >= 0.6 is 22.9 Å². The number of hydrogen-bond acceptors (Lipinski definition) is 4. The van der Waals surface area contributed by atoms with Crippen LogP contribution in [0.25, 0.3) is 0 Å². The van der Waals surface area contributed by atoms with E-state index in [2.05, 4.69) is 0 Å². The lowest BCUT2D eigenvalue weighted by atomic mass is 10.3. The van der Waals surface area contributed by atoms with E-state index in [1.165, 1.54) is 16.2 Å². The largest absolute Gasteiger partial charge is 0.388 e. The molecule has 2 atom stereocenters. The fraction of sp³-hybridized carbons (Fsp3) is 0.444. The molecule has 1 aliphatic heterocycles. The van der Waals surface area contributed by atoms with E-state index >= 15 is 0 Å². The van der Waals surface area contributed by atoms with Gasteiger partial charge in [-0.1, -0.05) is 11.6 Å². The van der Waals surface area contributed by atoms with Crippen LogP contribution in [0.1, 0.15) is 9.67 Å². The SMILES string of the molecule is O=C(c1sccc1Cl)N1CC(O)C(O)C1. The van der Waals surface area contributed by atoms with Gasteiger partial charge in [0.2, 0.25) is 0 Å². The molecule has 1 fully saturated rings. The van der Waals surface area contributed by atoms with Gasteiger partial charge < -0.3 is 15.1 Å². The predicted molar refractivity (Wildman–Crippen MR) is 57.2 cm³/mol. The number of carbonyl (C=O) groups is 1. The second-order valence-corrected chi connectivity index (χ2v) is 4.77. The van der Waals surface area contributed by atoms with Gasteiger partial charge in [-0.2, -0.15) is 0 Å². The number of nitrogens with zero attached hydrogens (tertiary/aromatic N) is 1. The number of halogens is 1. The van der Waals surface area contributed by atoms with Crippen molar-refractivity contribution in [2.24, 2.45) is 0 Å². The van der Waals surface area contributed by atoms with Crippen LogP contribution in [0.3, 0.4) is 0 Å². The number of likely N-dealkylation sites (tertiary alicyclic amines) is 1. The molecule has 2 heterocycles. The van der Waals surface area contributed by atoms with Crippen molar-refractivity contribution in [1.29, 1.82) is 0 Å². The highest BCUT2D eigenvalue weighted by atomic mass is 35.5. The lowest BCUT2D eigenvalue weighted by molar-refractivity contribution is 0.0572. The zero-order valence-electron chi connectivity index (χ0n) is 7.76. The molecular weight excluding hydrogens is 238 g/mol. The van der Waals surface area contributed by atoms with Gasteiger partial charge in [0.1, 0.15) is 4.88 Å². The number of carbonyl (C=O) groups excluding carboxylic acids is 1. The minimum absolute atomic E-state index is 0.161. The maximum Gasteiger partial charge on any atom is 0.265 e. The molecule has 1 aliphatic rings. The van der Waals surface area contributed by atoms with Crippen LogP contribution in [0.5, 0.6) is 0 Å². The Morgan fingerprint density at radius 2 is 2.07 bits per heavy atom. The molecule has 1 aromatic rings. The molecule has 4 nitrogen and oxygen atoms in total. The van der Waals surface area contributed by atoms with E-state index in [1.807, 2.05) is 0 Å². The van der Waals surface area contributed by atoms with E-state index in [0.29, 0.717) is 9.90 Å². The third-order valence-corrected chi connectivity index (χ3v) is 3.69. The number of rotatable bonds is 1. The average molecular weight is 248 g/mol. The topological polar surface area (TPSA) is 60.8 Å². The molecule has 0 bridgehead atoms. The molecule has 0 spiro atoms. The van der Waals surface area contributed by atoms with Crippen molar-refractivity contribution in [2.45, 2.75) is 12.2 Å². The van der Waals surface area contributed by atoms with Crippen LogP contribution in [-0.4, -0.2) is 46.3 Å². The maximum absolute atomic E-state index is 11.8. The van der Waals surface area contributed by atoms with Gasteiger partial charge in [-0.15, -0.1) is 11.3 Å². The Bertz CT molecular complexity index is 371. The molecule has 2 unspecified atom stereocenters. The van der Waals surface area contributed by atoms with E-state index < -0.39 is 12.2 Å². The minimum Gasteiger partial charge on any atom is -0.388 e. The summed E-state index contributed by atoms with van der Waals surface area (Å²) in [4.78, 5) is 13.7. The average Bonchev–Trinajstić information content (AvgIpc) is 2.74. The van der Waals surface area contributed by atoms with E-state index in [-0.39, 0.29) is 19.0 Å². The fourth-order valence-corrected chi connectivity index (χ4v) is 2.63. The van der Waals surface area contributed by atoms with E-state index in [1.54, 1.807) is 11.4 Å². The molecule has 1 aromatic heterocycles. The summed E-state index contributed by atoms with van der Waals surface area (Å²) in [5.41, 5.74) is 0. The lowest BCUT2D eigenvalue weighted by Crippen LogP contribution is -2.29. The molecule has 0 aliphatic carbocycles. The van der Waals surface area contributed by atoms with Crippen molar-refractivity contribution in [3.05, 3.63) is 21.3 Å². The summed E-state index contributed by atoms with van der Waals surface area (Å²) in [5, 5.41) is 20.8. The van der Waals surface area contributed by atoms with Gasteiger partial charge in [0.05, 0.1) is 17.2 Å². The quantitative estimate of drug-likeness (QED) is 0.763. The highest BCUT2D eigenvalue weighted by molar-refractivity contribution is 7.12. The molecule has 2 rings (SSSR count). The van der Waals surface area contributed by atoms with Crippen molar-refractivity contribution in [3.8, 4) is 0 Å². The summed E-state index contributed by atoms with van der Waals surface area (Å²) >= 11 is 7.08. The van der Waals surface area contributed by atoms with Gasteiger partial charge in [-0.25, -0.2) is 0 Å². The Balaban J connectivity index is 2.13. The summed E-state index contributed by atoms with van der Waals surface area (Å²) < 4.78 is 0. The van der Waals surface area contributed by atoms with Crippen LogP contribution in [0.15, 0.2) is 11.4 Å². The third kappa shape index (κ3) is 2.01. The third-order valence-electron chi connectivity index (χ3n) is 2.36. The van der Waals surface area contributed by atoms with E-state index in [0.717, 1.165) is 0 Å². The summed E-state index contributed by atoms with van der Waals surface area (Å²) in [6, 6.07) is 1.66. The Labute approximate surface area is 95.7 Å². The molecule has 0 aromatic carbocycles. The first kappa shape index (κ1) is 10.9. The number of β-amino-alcohol motifs (C(OH)–C–C–N with tert-alkyl or cyclic N) is 2. The zero-order chi connectivity index (χ0) is 11.0. The number of aliphatic hydroxyl groups excluding tert-OH is 2. The van der Waals surface area contributed by atoms with Gasteiger partial charge in [0.15, 0.2) is 0 Å². The first-order valence-electron chi connectivity index (χ1n) is 4.48. The summed E-state index contributed by atoms with van der Waals surface area (Å²) in [6.07, 6.45) is -1.71.